The number of hydrogen-bond acceptors (Lipinski definition) is 2. The molecule has 0 radical (unpaired) electrons. The monoisotopic (exact) mass is 287 g/mol. The highest BCUT2D eigenvalue weighted by molar-refractivity contribution is 7.99. The molecule has 2 aromatic carbocycles. The number of rotatable bonds is 4. The number of benzene rings is 2. The van der Waals surface area contributed by atoms with Crippen LogP contribution in [0.2, 0.25) is 0 Å². The highest BCUT2D eigenvalue weighted by atomic mass is 32.2. The molecule has 3 rings (SSSR count). The maximum atomic E-state index is 12.9. The van der Waals surface area contributed by atoms with Crippen molar-refractivity contribution in [3.8, 4) is 0 Å². The largest absolute Gasteiger partial charge is 0.306 e. The van der Waals surface area contributed by atoms with Gasteiger partial charge in [-0.1, -0.05) is 30.3 Å². The summed E-state index contributed by atoms with van der Waals surface area (Å²) in [5.74, 6) is 0.920. The van der Waals surface area contributed by atoms with Gasteiger partial charge in [-0.15, -0.1) is 11.8 Å². The maximum Gasteiger partial charge on any atom is 0.123 e. The van der Waals surface area contributed by atoms with Crippen LogP contribution in [-0.4, -0.2) is 11.8 Å². The Kier molecular flexibility index (Phi) is 4.08. The van der Waals surface area contributed by atoms with Crippen molar-refractivity contribution in [3.05, 3.63) is 65.5 Å². The van der Waals surface area contributed by atoms with Gasteiger partial charge in [0.2, 0.25) is 0 Å². The molecule has 2 aromatic rings. The standard InChI is InChI=1S/C17H18FNS/c1-12(10-13-6-8-14(18)9-7-13)19-16-11-20-17-5-3-2-4-15(16)17/h2-9,12,16,19H,10-11H2,1H3. The average Bonchev–Trinajstić information content (AvgIpc) is 2.85. The van der Waals surface area contributed by atoms with Gasteiger partial charge in [0, 0.05) is 22.7 Å². The molecule has 0 amide bonds. The minimum absolute atomic E-state index is 0.171. The molecule has 0 spiro atoms. The highest BCUT2D eigenvalue weighted by Crippen LogP contribution is 2.37. The molecule has 1 N–H and O–H groups in total. The van der Waals surface area contributed by atoms with Crippen LogP contribution in [0.5, 0.6) is 0 Å². The first-order valence-corrected chi connectivity index (χ1v) is 7.93. The van der Waals surface area contributed by atoms with Gasteiger partial charge in [0.05, 0.1) is 0 Å². The van der Waals surface area contributed by atoms with Crippen LogP contribution in [0.4, 0.5) is 4.39 Å². The third kappa shape index (κ3) is 3.05. The Morgan fingerprint density at radius 2 is 1.95 bits per heavy atom. The van der Waals surface area contributed by atoms with Crippen molar-refractivity contribution in [1.82, 2.24) is 5.32 Å². The van der Waals surface area contributed by atoms with Crippen LogP contribution in [0.15, 0.2) is 53.4 Å². The molecule has 0 aliphatic carbocycles. The summed E-state index contributed by atoms with van der Waals surface area (Å²) in [6.07, 6.45) is 0.920. The molecule has 2 atom stereocenters. The van der Waals surface area contributed by atoms with Crippen molar-refractivity contribution in [3.63, 3.8) is 0 Å². The average molecular weight is 287 g/mol. The molecule has 1 aliphatic rings. The maximum absolute atomic E-state index is 12.9. The summed E-state index contributed by atoms with van der Waals surface area (Å²) in [6.45, 7) is 2.19. The minimum Gasteiger partial charge on any atom is -0.306 e. The van der Waals surface area contributed by atoms with E-state index in [1.807, 2.05) is 23.9 Å². The highest BCUT2D eigenvalue weighted by Gasteiger charge is 2.23. The molecule has 0 aromatic heterocycles. The fourth-order valence-corrected chi connectivity index (χ4v) is 3.85. The van der Waals surface area contributed by atoms with Crippen molar-refractivity contribution in [2.24, 2.45) is 0 Å². The molecule has 1 heterocycles. The van der Waals surface area contributed by atoms with E-state index in [0.29, 0.717) is 12.1 Å². The van der Waals surface area contributed by atoms with Gasteiger partial charge in [0.25, 0.3) is 0 Å². The Balaban J connectivity index is 1.62. The van der Waals surface area contributed by atoms with E-state index >= 15 is 0 Å². The van der Waals surface area contributed by atoms with Crippen molar-refractivity contribution >= 4 is 11.8 Å². The third-order valence-electron chi connectivity index (χ3n) is 3.64. The van der Waals surface area contributed by atoms with Crippen LogP contribution in [0.3, 0.4) is 0 Å². The number of fused-ring (bicyclic) bond motifs is 1. The quantitative estimate of drug-likeness (QED) is 0.904. The topological polar surface area (TPSA) is 12.0 Å². The molecule has 2 unspecified atom stereocenters. The summed E-state index contributed by atoms with van der Waals surface area (Å²) in [5, 5.41) is 3.68. The fourth-order valence-electron chi connectivity index (χ4n) is 2.68. The van der Waals surface area contributed by atoms with Crippen molar-refractivity contribution in [2.45, 2.75) is 30.3 Å². The van der Waals surface area contributed by atoms with E-state index in [0.717, 1.165) is 12.2 Å². The summed E-state index contributed by atoms with van der Waals surface area (Å²) in [6, 6.07) is 16.2. The van der Waals surface area contributed by atoms with E-state index in [9.17, 15) is 4.39 Å². The van der Waals surface area contributed by atoms with E-state index < -0.39 is 0 Å². The Bertz CT molecular complexity index is 582. The van der Waals surface area contributed by atoms with Crippen LogP contribution in [0, 0.1) is 5.82 Å². The second-order valence-electron chi connectivity index (χ2n) is 5.30. The zero-order valence-corrected chi connectivity index (χ0v) is 12.3. The van der Waals surface area contributed by atoms with Crippen LogP contribution < -0.4 is 5.32 Å². The summed E-state index contributed by atoms with van der Waals surface area (Å²) in [4.78, 5) is 1.39. The van der Waals surface area contributed by atoms with Gasteiger partial charge in [-0.3, -0.25) is 0 Å². The van der Waals surface area contributed by atoms with Crippen molar-refractivity contribution in [1.29, 1.82) is 0 Å². The summed E-state index contributed by atoms with van der Waals surface area (Å²) >= 11 is 1.91. The molecular formula is C17H18FNS. The summed E-state index contributed by atoms with van der Waals surface area (Å²) in [7, 11) is 0. The first kappa shape index (κ1) is 13.7. The van der Waals surface area contributed by atoms with Crippen LogP contribution >= 0.6 is 11.8 Å². The molecular weight excluding hydrogens is 269 g/mol. The molecule has 0 saturated carbocycles. The normalized spacial score (nSPS) is 18.8. The lowest BCUT2D eigenvalue weighted by Crippen LogP contribution is -2.32. The van der Waals surface area contributed by atoms with Crippen LogP contribution in [0.1, 0.15) is 24.1 Å². The number of hydrogen-bond donors (Lipinski definition) is 1. The molecule has 3 heteroatoms. The Morgan fingerprint density at radius 1 is 1.20 bits per heavy atom. The molecule has 1 nitrogen and oxygen atoms in total. The summed E-state index contributed by atoms with van der Waals surface area (Å²) < 4.78 is 12.9. The first-order valence-electron chi connectivity index (χ1n) is 6.94. The lowest BCUT2D eigenvalue weighted by atomic mass is 10.0. The Morgan fingerprint density at radius 3 is 2.75 bits per heavy atom. The predicted octanol–water partition coefficient (Wildman–Crippen LogP) is 4.19. The SMILES string of the molecule is CC(Cc1ccc(F)cc1)NC1CSc2ccccc21. The predicted molar refractivity (Wildman–Crippen MR) is 82.6 cm³/mol. The second kappa shape index (κ2) is 5.98. The van der Waals surface area contributed by atoms with Gasteiger partial charge < -0.3 is 5.32 Å². The number of halogens is 1. The van der Waals surface area contributed by atoms with Gasteiger partial charge in [-0.05, 0) is 42.7 Å². The molecule has 0 bridgehead atoms. The first-order chi connectivity index (χ1) is 9.72. The molecule has 0 fully saturated rings. The van der Waals surface area contributed by atoms with Gasteiger partial charge in [-0.25, -0.2) is 4.39 Å². The zero-order valence-electron chi connectivity index (χ0n) is 11.5. The number of thioether (sulfide) groups is 1. The number of nitrogens with one attached hydrogen (secondary N) is 1. The lowest BCUT2D eigenvalue weighted by molar-refractivity contribution is 0.482. The van der Waals surface area contributed by atoms with E-state index in [-0.39, 0.29) is 5.82 Å². The fraction of sp³-hybridized carbons (Fsp3) is 0.294. The molecule has 20 heavy (non-hydrogen) atoms. The molecule has 1 aliphatic heterocycles. The lowest BCUT2D eigenvalue weighted by Gasteiger charge is -2.20. The van der Waals surface area contributed by atoms with Gasteiger partial charge >= 0.3 is 0 Å². The smallest absolute Gasteiger partial charge is 0.123 e. The van der Waals surface area contributed by atoms with E-state index in [1.165, 1.54) is 28.2 Å². The van der Waals surface area contributed by atoms with Crippen molar-refractivity contribution in [2.75, 3.05) is 5.75 Å². The minimum atomic E-state index is -0.171. The van der Waals surface area contributed by atoms with Gasteiger partial charge in [0.1, 0.15) is 5.82 Å². The van der Waals surface area contributed by atoms with Crippen LogP contribution in [0.25, 0.3) is 0 Å². The Hall–Kier alpha value is -1.32. The second-order valence-corrected chi connectivity index (χ2v) is 6.36. The molecule has 104 valence electrons. The van der Waals surface area contributed by atoms with Gasteiger partial charge in [0.15, 0.2) is 0 Å². The van der Waals surface area contributed by atoms with E-state index in [1.54, 1.807) is 0 Å². The van der Waals surface area contributed by atoms with E-state index in [4.69, 9.17) is 0 Å². The summed E-state index contributed by atoms with van der Waals surface area (Å²) in [5.41, 5.74) is 2.58. The van der Waals surface area contributed by atoms with E-state index in [2.05, 4.69) is 36.5 Å². The Labute approximate surface area is 123 Å². The van der Waals surface area contributed by atoms with Crippen molar-refractivity contribution < 1.29 is 4.39 Å². The zero-order chi connectivity index (χ0) is 13.9. The van der Waals surface area contributed by atoms with Crippen LogP contribution in [-0.2, 0) is 6.42 Å². The molecule has 0 saturated heterocycles. The third-order valence-corrected chi connectivity index (χ3v) is 4.82. The van der Waals surface area contributed by atoms with Gasteiger partial charge in [-0.2, -0.15) is 0 Å².